The fraction of sp³-hybridized carbons (Fsp3) is 0.412. The van der Waals surface area contributed by atoms with Gasteiger partial charge in [0.25, 0.3) is 5.91 Å². The second-order valence-corrected chi connectivity index (χ2v) is 6.20. The van der Waals surface area contributed by atoms with Crippen LogP contribution in [-0.4, -0.2) is 24.5 Å². The largest absolute Gasteiger partial charge is 0.375 e. The molecular weight excluding hydrogens is 296 g/mol. The molecule has 118 valence electrons. The van der Waals surface area contributed by atoms with Crippen LogP contribution in [0.1, 0.15) is 45.4 Å². The minimum Gasteiger partial charge on any atom is -0.375 e. The van der Waals surface area contributed by atoms with Crippen LogP contribution >= 0.6 is 11.3 Å². The van der Waals surface area contributed by atoms with Crippen molar-refractivity contribution >= 4 is 17.2 Å². The van der Waals surface area contributed by atoms with E-state index in [-0.39, 0.29) is 12.0 Å². The first-order chi connectivity index (χ1) is 10.7. The van der Waals surface area contributed by atoms with Gasteiger partial charge in [0.2, 0.25) is 0 Å². The molecule has 1 heterocycles. The third kappa shape index (κ3) is 4.15. The van der Waals surface area contributed by atoms with Crippen molar-refractivity contribution in [2.75, 3.05) is 13.7 Å². The van der Waals surface area contributed by atoms with Gasteiger partial charge >= 0.3 is 0 Å². The molecule has 5 heteroatoms. The Labute approximate surface area is 135 Å². The van der Waals surface area contributed by atoms with Gasteiger partial charge < -0.3 is 10.1 Å². The predicted octanol–water partition coefficient (Wildman–Crippen LogP) is 3.52. The number of carbonyl (C=O) groups excluding carboxylic acids is 1. The molecule has 0 aliphatic heterocycles. The summed E-state index contributed by atoms with van der Waals surface area (Å²) in [4.78, 5) is 17.5. The smallest absolute Gasteiger partial charge is 0.263 e. The zero-order valence-electron chi connectivity index (χ0n) is 13.3. The van der Waals surface area contributed by atoms with E-state index in [0.717, 1.165) is 29.1 Å². The van der Waals surface area contributed by atoms with Crippen LogP contribution in [0.15, 0.2) is 30.3 Å². The molecule has 0 fully saturated rings. The molecule has 0 bridgehead atoms. The van der Waals surface area contributed by atoms with E-state index >= 15 is 0 Å². The van der Waals surface area contributed by atoms with Crippen molar-refractivity contribution in [1.29, 1.82) is 0 Å². The van der Waals surface area contributed by atoms with Gasteiger partial charge in [-0.05, 0) is 25.3 Å². The molecule has 1 aromatic carbocycles. The van der Waals surface area contributed by atoms with Crippen molar-refractivity contribution in [1.82, 2.24) is 10.3 Å². The highest BCUT2D eigenvalue weighted by Gasteiger charge is 2.17. The van der Waals surface area contributed by atoms with Gasteiger partial charge in [0.15, 0.2) is 0 Å². The van der Waals surface area contributed by atoms with E-state index in [2.05, 4.69) is 17.2 Å². The van der Waals surface area contributed by atoms with Crippen LogP contribution in [0, 0.1) is 6.92 Å². The number of aromatic nitrogens is 1. The first-order valence-electron chi connectivity index (χ1n) is 7.48. The number of benzene rings is 1. The SMILES string of the molecule is CCCc1nc(C)c(C(=O)NCC(OC)c2ccccc2)s1. The van der Waals surface area contributed by atoms with Crippen LogP contribution in [0.4, 0.5) is 0 Å². The summed E-state index contributed by atoms with van der Waals surface area (Å²) in [6.45, 7) is 4.44. The van der Waals surface area contributed by atoms with Crippen LogP contribution in [0.5, 0.6) is 0 Å². The van der Waals surface area contributed by atoms with Gasteiger partial charge in [-0.1, -0.05) is 37.3 Å². The molecule has 22 heavy (non-hydrogen) atoms. The topological polar surface area (TPSA) is 51.2 Å². The summed E-state index contributed by atoms with van der Waals surface area (Å²) in [5, 5.41) is 3.98. The van der Waals surface area contributed by atoms with Crippen LogP contribution in [0.25, 0.3) is 0 Å². The average molecular weight is 318 g/mol. The van der Waals surface area contributed by atoms with Crippen molar-refractivity contribution < 1.29 is 9.53 Å². The summed E-state index contributed by atoms with van der Waals surface area (Å²) >= 11 is 1.48. The third-order valence-electron chi connectivity index (χ3n) is 3.41. The van der Waals surface area contributed by atoms with Gasteiger partial charge in [0.05, 0.1) is 16.8 Å². The van der Waals surface area contributed by atoms with Crippen molar-refractivity contribution in [3.05, 3.63) is 51.5 Å². The maximum absolute atomic E-state index is 12.3. The summed E-state index contributed by atoms with van der Waals surface area (Å²) in [5.74, 6) is -0.0738. The monoisotopic (exact) mass is 318 g/mol. The minimum atomic E-state index is -0.145. The maximum Gasteiger partial charge on any atom is 0.263 e. The number of nitrogens with one attached hydrogen (secondary N) is 1. The van der Waals surface area contributed by atoms with Crippen LogP contribution in [0.3, 0.4) is 0 Å². The molecule has 1 aromatic heterocycles. The number of hydrogen-bond donors (Lipinski definition) is 1. The number of aryl methyl sites for hydroxylation is 2. The lowest BCUT2D eigenvalue weighted by Gasteiger charge is -2.16. The Hall–Kier alpha value is -1.72. The van der Waals surface area contributed by atoms with E-state index in [1.807, 2.05) is 37.3 Å². The van der Waals surface area contributed by atoms with Gasteiger partial charge in [0, 0.05) is 13.7 Å². The van der Waals surface area contributed by atoms with Crippen LogP contribution < -0.4 is 5.32 Å². The van der Waals surface area contributed by atoms with Crippen molar-refractivity contribution in [3.63, 3.8) is 0 Å². The quantitative estimate of drug-likeness (QED) is 0.850. The fourth-order valence-corrected chi connectivity index (χ4v) is 3.34. The van der Waals surface area contributed by atoms with Gasteiger partial charge in [-0.3, -0.25) is 4.79 Å². The van der Waals surface area contributed by atoms with E-state index in [9.17, 15) is 4.79 Å². The van der Waals surface area contributed by atoms with Crippen LogP contribution in [-0.2, 0) is 11.2 Å². The normalized spacial score (nSPS) is 12.1. The number of amides is 1. The van der Waals surface area contributed by atoms with Gasteiger partial charge in [-0.2, -0.15) is 0 Å². The first kappa shape index (κ1) is 16.6. The Morgan fingerprint density at radius 2 is 2.09 bits per heavy atom. The summed E-state index contributed by atoms with van der Waals surface area (Å²) in [7, 11) is 1.65. The van der Waals surface area contributed by atoms with E-state index in [4.69, 9.17) is 4.74 Å². The molecular formula is C17H22N2O2S. The molecule has 4 nitrogen and oxygen atoms in total. The molecule has 2 aromatic rings. The number of carbonyl (C=O) groups is 1. The van der Waals surface area contributed by atoms with Gasteiger partial charge in [0.1, 0.15) is 4.88 Å². The summed E-state index contributed by atoms with van der Waals surface area (Å²) in [6.07, 6.45) is 1.81. The highest BCUT2D eigenvalue weighted by molar-refractivity contribution is 7.13. The first-order valence-corrected chi connectivity index (χ1v) is 8.29. The fourth-order valence-electron chi connectivity index (χ4n) is 2.25. The molecule has 0 saturated carbocycles. The summed E-state index contributed by atoms with van der Waals surface area (Å²) in [6, 6.07) is 9.89. The molecule has 1 atom stereocenters. The Kier molecular flexibility index (Phi) is 6.10. The van der Waals surface area contributed by atoms with E-state index in [0.29, 0.717) is 11.4 Å². The van der Waals surface area contributed by atoms with E-state index in [1.165, 1.54) is 11.3 Å². The molecule has 0 aliphatic rings. The lowest BCUT2D eigenvalue weighted by Crippen LogP contribution is -2.29. The van der Waals surface area contributed by atoms with E-state index < -0.39 is 0 Å². The number of rotatable bonds is 7. The second kappa shape index (κ2) is 8.06. The Balaban J connectivity index is 1.99. The number of methoxy groups -OCH3 is 1. The number of ether oxygens (including phenoxy) is 1. The van der Waals surface area contributed by atoms with Crippen molar-refractivity contribution in [3.8, 4) is 0 Å². The average Bonchev–Trinajstić information content (AvgIpc) is 2.90. The number of nitrogens with zero attached hydrogens (tertiary/aromatic N) is 1. The third-order valence-corrected chi connectivity index (χ3v) is 4.63. The highest BCUT2D eigenvalue weighted by atomic mass is 32.1. The zero-order chi connectivity index (χ0) is 15.9. The summed E-state index contributed by atoms with van der Waals surface area (Å²) < 4.78 is 5.47. The standard InChI is InChI=1S/C17H22N2O2S/c1-4-8-15-19-12(2)16(22-15)17(20)18-11-14(21-3)13-9-6-5-7-10-13/h5-7,9-10,14H,4,8,11H2,1-3H3,(H,18,20). The van der Waals surface area contributed by atoms with Crippen LogP contribution in [0.2, 0.25) is 0 Å². The molecule has 1 amide bonds. The molecule has 0 saturated heterocycles. The lowest BCUT2D eigenvalue weighted by atomic mass is 10.1. The Morgan fingerprint density at radius 3 is 2.73 bits per heavy atom. The van der Waals surface area contributed by atoms with E-state index in [1.54, 1.807) is 7.11 Å². The molecule has 0 spiro atoms. The molecule has 0 radical (unpaired) electrons. The highest BCUT2D eigenvalue weighted by Crippen LogP contribution is 2.20. The summed E-state index contributed by atoms with van der Waals surface area (Å²) in [5.41, 5.74) is 1.86. The minimum absolute atomic E-state index is 0.0738. The Morgan fingerprint density at radius 1 is 1.36 bits per heavy atom. The molecule has 1 unspecified atom stereocenters. The zero-order valence-corrected chi connectivity index (χ0v) is 14.1. The molecule has 2 rings (SSSR count). The van der Waals surface area contributed by atoms with Crippen molar-refractivity contribution in [2.24, 2.45) is 0 Å². The molecule has 0 aliphatic carbocycles. The number of thiazole rings is 1. The second-order valence-electron chi connectivity index (χ2n) is 5.12. The lowest BCUT2D eigenvalue weighted by molar-refractivity contribution is 0.0830. The van der Waals surface area contributed by atoms with Gasteiger partial charge in [-0.25, -0.2) is 4.98 Å². The molecule has 1 N–H and O–H groups in total. The number of hydrogen-bond acceptors (Lipinski definition) is 4. The maximum atomic E-state index is 12.3. The predicted molar refractivity (Wildman–Crippen MR) is 89.4 cm³/mol. The Bertz CT molecular complexity index is 610. The van der Waals surface area contributed by atoms with Crippen molar-refractivity contribution in [2.45, 2.75) is 32.8 Å². The van der Waals surface area contributed by atoms with Gasteiger partial charge in [-0.15, -0.1) is 11.3 Å².